The Balaban J connectivity index is 0.000000209. The molecule has 0 aromatic heterocycles. The molecule has 8 aromatic rings. The summed E-state index contributed by atoms with van der Waals surface area (Å²) in [7, 11) is 0. The van der Waals surface area contributed by atoms with Gasteiger partial charge in [0.2, 0.25) is 5.82 Å². The predicted molar refractivity (Wildman–Crippen MR) is 418 cm³/mol. The number of likely N-dealkylation sites (tertiary alicyclic amines) is 4. The number of rotatable bonds is 24. The van der Waals surface area contributed by atoms with E-state index in [1.165, 1.54) is 18.2 Å². The number of β-amino-alcohol motifs (C(OH)–C–C–N with tert-alkyl or cyclic N) is 1. The van der Waals surface area contributed by atoms with Crippen LogP contribution in [0.1, 0.15) is 67.7 Å². The fraction of sp³-hybridized carbons (Fsp3) is 0.380. The number of carbonyl (C=O) groups is 1. The molecule has 572 valence electrons. The smallest absolute Gasteiger partial charge is 0.329 e. The minimum absolute atomic E-state index is 0. The van der Waals surface area contributed by atoms with Gasteiger partial charge in [-0.1, -0.05) is 162 Å². The number of nitrogen functional groups attached to an aromatic ring is 1. The second-order valence-electron chi connectivity index (χ2n) is 26.3. The van der Waals surface area contributed by atoms with Crippen molar-refractivity contribution in [3.8, 4) is 40.2 Å². The third-order valence-corrected chi connectivity index (χ3v) is 18.7. The Morgan fingerprint density at radius 1 is 0.453 bits per heavy atom. The van der Waals surface area contributed by atoms with Gasteiger partial charge >= 0.3 is 11.4 Å². The van der Waals surface area contributed by atoms with Gasteiger partial charge in [-0.3, -0.25) is 44.6 Å². The molecule has 4 fully saturated rings. The Labute approximate surface area is 645 Å². The molecular weight excluding hydrogens is 1470 g/mol. The van der Waals surface area contributed by atoms with Crippen LogP contribution in [-0.2, 0) is 4.79 Å². The third-order valence-electron chi connectivity index (χ3n) is 17.0. The first-order chi connectivity index (χ1) is 50.1. The second-order valence-corrected chi connectivity index (χ2v) is 28.3. The number of carboxylic acid groups (broad SMARTS) is 1. The van der Waals surface area contributed by atoms with E-state index in [0.717, 1.165) is 134 Å². The molecule has 106 heavy (non-hydrogen) atoms. The van der Waals surface area contributed by atoms with Crippen LogP contribution < -0.4 is 38.9 Å². The molecule has 21 nitrogen and oxygen atoms in total. The number of carboxylic acids is 1. The van der Waals surface area contributed by atoms with Crippen molar-refractivity contribution < 1.29 is 62.4 Å². The monoisotopic (exact) mass is 1560 g/mol. The molecule has 4 saturated heterocycles. The van der Waals surface area contributed by atoms with Crippen LogP contribution in [-0.4, -0.2) is 173 Å². The Bertz CT molecular complexity index is 3860. The van der Waals surface area contributed by atoms with Crippen LogP contribution >= 0.6 is 58.0 Å². The molecule has 4 N–H and O–H groups in total. The fourth-order valence-electron chi connectivity index (χ4n) is 11.8. The summed E-state index contributed by atoms with van der Waals surface area (Å²) in [6, 6.07) is 58.6. The number of hydrogen-bond donors (Lipinski definition) is 3. The number of nitro benzene ring substituents is 2. The number of aliphatic hydroxyl groups is 1. The molecule has 4 atom stereocenters. The molecule has 4 aliphatic rings. The lowest BCUT2D eigenvalue weighted by Gasteiger charge is -2.27. The van der Waals surface area contributed by atoms with Gasteiger partial charge in [-0.05, 0) is 131 Å². The average Bonchev–Trinajstić information content (AvgIpc) is 1.73. The number of aliphatic carboxylic acids is 1. The first-order valence-corrected chi connectivity index (χ1v) is 36.1. The van der Waals surface area contributed by atoms with E-state index in [1.807, 2.05) is 159 Å². The molecule has 0 saturated carbocycles. The maximum Gasteiger partial charge on any atom is 0.329 e. The number of halogens is 6. The van der Waals surface area contributed by atoms with Gasteiger partial charge in [0.1, 0.15) is 92.8 Å². The molecule has 0 aliphatic carbocycles. The van der Waals surface area contributed by atoms with Crippen LogP contribution in [0.3, 0.4) is 0 Å². The molecule has 4 aliphatic heterocycles. The van der Waals surface area contributed by atoms with Gasteiger partial charge in [0.05, 0.1) is 31.2 Å². The molecule has 0 radical (unpaired) electrons. The van der Waals surface area contributed by atoms with Crippen LogP contribution in [0.25, 0.3) is 0 Å². The fourth-order valence-corrected chi connectivity index (χ4v) is 12.7. The summed E-state index contributed by atoms with van der Waals surface area (Å²) in [6.45, 7) is 22.1. The third kappa shape index (κ3) is 29.4. The summed E-state index contributed by atoms with van der Waals surface area (Å²) < 4.78 is 53.8. The van der Waals surface area contributed by atoms with E-state index in [4.69, 9.17) is 107 Å². The van der Waals surface area contributed by atoms with Crippen molar-refractivity contribution in [2.45, 2.75) is 90.1 Å². The molecule has 0 amide bonds. The van der Waals surface area contributed by atoms with E-state index >= 15 is 0 Å². The Morgan fingerprint density at radius 2 is 0.755 bits per heavy atom. The number of benzene rings is 8. The molecular formula is C79H95Cl5FN7O14. The maximum absolute atomic E-state index is 12.6. The van der Waals surface area contributed by atoms with E-state index in [-0.39, 0.29) is 40.1 Å². The molecule has 4 heterocycles. The van der Waals surface area contributed by atoms with E-state index in [2.05, 4.69) is 33.4 Å². The lowest BCUT2D eigenvalue weighted by Crippen LogP contribution is -2.37. The first kappa shape index (κ1) is 86.5. The van der Waals surface area contributed by atoms with Gasteiger partial charge in [-0.2, -0.15) is 4.39 Å². The normalized spacial score (nSPS) is 19.5. The van der Waals surface area contributed by atoms with Crippen molar-refractivity contribution in [2.75, 3.05) is 111 Å². The highest BCUT2D eigenvalue weighted by atomic mass is 35.5. The molecule has 8 aromatic carbocycles. The Hall–Kier alpha value is -8.39. The molecule has 0 bridgehead atoms. The molecule has 4 unspecified atom stereocenters. The zero-order chi connectivity index (χ0) is 76.0. The molecule has 0 spiro atoms. The topological polar surface area (TPSA) is 247 Å². The quantitative estimate of drug-likeness (QED) is 0.0289. The van der Waals surface area contributed by atoms with E-state index in [9.17, 15) is 29.7 Å². The summed E-state index contributed by atoms with van der Waals surface area (Å²) in [4.78, 5) is 38.2. The Kier molecular flexibility index (Phi) is 35.0. The highest BCUT2D eigenvalue weighted by Crippen LogP contribution is 2.40. The minimum atomic E-state index is -0.914. The SMILES string of the molecule is C.CC(=O)O.CC1(O)CCN(CCOc2ccccc2)C1.CC1(Oc2cccc(Cl)c2Cl)CCN(CCOc2ccccc2)C1.CC1(Oc2cccc(Cl)c2N)CCN(CCOc2ccccc2)C1.CC1(Oc2cccc(Cl)c2[N+](=O)[O-])CCN(CCOc2ccccc2)C1.O=[N+]([O-])c1c(F)cccc1Cl. The van der Waals surface area contributed by atoms with Gasteiger partial charge in [0.15, 0.2) is 5.75 Å². The summed E-state index contributed by atoms with van der Waals surface area (Å²) in [5.74, 6) is 3.34. The molecule has 27 heteroatoms. The van der Waals surface area contributed by atoms with E-state index < -0.39 is 38.5 Å². The van der Waals surface area contributed by atoms with E-state index in [0.29, 0.717) is 65.2 Å². The number of nitrogens with zero attached hydrogens (tertiary/aromatic N) is 6. The van der Waals surface area contributed by atoms with Gasteiger partial charge in [0.25, 0.3) is 5.97 Å². The summed E-state index contributed by atoms with van der Waals surface area (Å²) in [6.07, 6.45) is 3.53. The standard InChI is InChI=1S/C19H21Cl2NO2.C19H21ClN2O4.C19H23ClN2O2.C13H19NO2.C6H3ClFNO2.C2H4O2.CH4/c1-19(24-17-9-5-8-16(20)18(17)21)10-11-22(14-19)12-13-23-15-6-3-2-4-7-15;1-19(26-17-9-5-8-16(20)18(17)22(23)24)10-11-21(14-19)12-13-25-15-6-3-2-4-7-15;1-19(24-17-9-5-8-16(20)18(17)21)10-11-22(14-19)12-13-23-15-6-3-2-4-7-15;1-13(15)7-8-14(11-13)9-10-16-12-5-3-2-4-6-12;7-4-2-1-3-5(8)6(4)9(10)11;1-2(3)4;/h2-9H,10-14H2,1H3;2-9H,10-14H2,1H3;2-9H,10-14,21H2,1H3;2-6,15H,7-11H2,1H3;1-3H;1H3,(H,3,4);1H4. The van der Waals surface area contributed by atoms with Crippen LogP contribution in [0.4, 0.5) is 21.5 Å². The summed E-state index contributed by atoms with van der Waals surface area (Å²) in [5.41, 5.74) is 4.14. The summed E-state index contributed by atoms with van der Waals surface area (Å²) in [5, 5.41) is 40.0. The largest absolute Gasteiger partial charge is 0.492 e. The van der Waals surface area contributed by atoms with Crippen molar-refractivity contribution in [3.05, 3.63) is 245 Å². The number of hydrogen-bond acceptors (Lipinski definition) is 18. The van der Waals surface area contributed by atoms with Crippen molar-refractivity contribution in [1.29, 1.82) is 0 Å². The lowest BCUT2D eigenvalue weighted by atomic mass is 10.1. The van der Waals surface area contributed by atoms with Gasteiger partial charge < -0.3 is 49.1 Å². The first-order valence-electron chi connectivity index (χ1n) is 34.2. The highest BCUT2D eigenvalue weighted by molar-refractivity contribution is 6.43. The highest BCUT2D eigenvalue weighted by Gasteiger charge is 2.40. The average molecular weight is 1560 g/mol. The van der Waals surface area contributed by atoms with Crippen molar-refractivity contribution >= 4 is 81.0 Å². The lowest BCUT2D eigenvalue weighted by molar-refractivity contribution is -0.387. The summed E-state index contributed by atoms with van der Waals surface area (Å²) >= 11 is 29.7. The number of ether oxygens (including phenoxy) is 7. The number of nitro groups is 2. The zero-order valence-electron chi connectivity index (χ0n) is 59.4. The van der Waals surface area contributed by atoms with E-state index in [1.54, 1.807) is 24.3 Å². The number of nitrogens with two attached hydrogens (primary N) is 1. The van der Waals surface area contributed by atoms with Crippen LogP contribution in [0.15, 0.2) is 194 Å². The van der Waals surface area contributed by atoms with Gasteiger partial charge in [-0.25, -0.2) is 0 Å². The maximum atomic E-state index is 12.6. The van der Waals surface area contributed by atoms with Gasteiger partial charge in [-0.15, -0.1) is 0 Å². The van der Waals surface area contributed by atoms with Crippen molar-refractivity contribution in [1.82, 2.24) is 19.6 Å². The predicted octanol–water partition coefficient (Wildman–Crippen LogP) is 17.6. The second kappa shape index (κ2) is 42.8. The Morgan fingerprint density at radius 3 is 1.10 bits per heavy atom. The van der Waals surface area contributed by atoms with Crippen LogP contribution in [0.5, 0.6) is 40.2 Å². The van der Waals surface area contributed by atoms with Gasteiger partial charge in [0, 0.05) is 105 Å². The van der Waals surface area contributed by atoms with Crippen molar-refractivity contribution in [2.24, 2.45) is 0 Å². The zero-order valence-corrected chi connectivity index (χ0v) is 63.2. The number of para-hydroxylation sites is 7. The minimum Gasteiger partial charge on any atom is -0.492 e. The van der Waals surface area contributed by atoms with Crippen LogP contribution in [0.2, 0.25) is 25.1 Å². The van der Waals surface area contributed by atoms with Crippen molar-refractivity contribution in [3.63, 3.8) is 0 Å². The van der Waals surface area contributed by atoms with Crippen LogP contribution in [0, 0.1) is 26.0 Å². The number of anilines is 1. The molecule has 12 rings (SSSR count).